The van der Waals surface area contributed by atoms with Crippen molar-refractivity contribution in [2.75, 3.05) is 45.4 Å². The number of ether oxygens (including phenoxy) is 2. The molecule has 0 atom stereocenters. The Kier molecular flexibility index (Phi) is 6.92. The highest BCUT2D eigenvalue weighted by Crippen LogP contribution is 2.15. The molecule has 0 fully saturated rings. The van der Waals surface area contributed by atoms with E-state index in [4.69, 9.17) is 20.6 Å². The Hall–Kier alpha value is -1.59. The van der Waals surface area contributed by atoms with Crippen LogP contribution < -0.4 is 10.6 Å². The van der Waals surface area contributed by atoms with Gasteiger partial charge < -0.3 is 20.1 Å². The topological polar surface area (TPSA) is 71.6 Å². The predicted molar refractivity (Wildman–Crippen MR) is 78.0 cm³/mol. The first-order valence-corrected chi connectivity index (χ1v) is 6.36. The van der Waals surface area contributed by atoms with Gasteiger partial charge in [0.25, 0.3) is 0 Å². The second-order valence-electron chi connectivity index (χ2n) is 4.29. The molecule has 0 bridgehead atoms. The molecule has 0 saturated carbocycles. The van der Waals surface area contributed by atoms with Crippen LogP contribution in [0.2, 0.25) is 0 Å². The van der Waals surface area contributed by atoms with Crippen LogP contribution in [0.25, 0.3) is 0 Å². The number of hydrogen-bond donors (Lipinski definition) is 2. The largest absolute Gasteiger partial charge is 0.385 e. The average molecular weight is 265 g/mol. The number of nitrogens with zero attached hydrogens (tertiary/aromatic N) is 1. The van der Waals surface area contributed by atoms with Gasteiger partial charge in [0.2, 0.25) is 0 Å². The molecule has 0 aliphatic rings. The Morgan fingerprint density at radius 1 is 1.11 bits per heavy atom. The van der Waals surface area contributed by atoms with E-state index in [9.17, 15) is 0 Å². The van der Waals surface area contributed by atoms with Crippen molar-refractivity contribution in [2.24, 2.45) is 5.73 Å². The monoisotopic (exact) mass is 265 g/mol. The van der Waals surface area contributed by atoms with Crippen LogP contribution in [0.4, 0.5) is 5.69 Å². The van der Waals surface area contributed by atoms with E-state index in [1.165, 1.54) is 0 Å². The number of nitrogens with one attached hydrogen (secondary N) is 1. The third-order valence-electron chi connectivity index (χ3n) is 2.89. The highest BCUT2D eigenvalue weighted by molar-refractivity contribution is 5.95. The summed E-state index contributed by atoms with van der Waals surface area (Å²) >= 11 is 0. The number of methoxy groups -OCH3 is 2. The maximum Gasteiger partial charge on any atom is 0.122 e. The molecule has 5 nitrogen and oxygen atoms in total. The molecule has 0 amide bonds. The maximum absolute atomic E-state index is 7.39. The molecule has 0 aliphatic carbocycles. The van der Waals surface area contributed by atoms with E-state index in [0.29, 0.717) is 6.61 Å². The maximum atomic E-state index is 7.39. The fraction of sp³-hybridized carbons (Fsp3) is 0.500. The van der Waals surface area contributed by atoms with Crippen LogP contribution in [-0.2, 0) is 9.47 Å². The lowest BCUT2D eigenvalue weighted by molar-refractivity contribution is 0.191. The molecule has 0 spiro atoms. The van der Waals surface area contributed by atoms with Crippen molar-refractivity contribution in [1.82, 2.24) is 0 Å². The minimum Gasteiger partial charge on any atom is -0.385 e. The van der Waals surface area contributed by atoms with Crippen LogP contribution >= 0.6 is 0 Å². The van der Waals surface area contributed by atoms with Gasteiger partial charge in [-0.05, 0) is 30.7 Å². The molecule has 0 radical (unpaired) electrons. The average Bonchev–Trinajstić information content (AvgIpc) is 2.43. The van der Waals surface area contributed by atoms with Gasteiger partial charge in [0.05, 0.1) is 6.61 Å². The van der Waals surface area contributed by atoms with E-state index in [0.717, 1.165) is 37.4 Å². The lowest BCUT2D eigenvalue weighted by Gasteiger charge is -2.24. The van der Waals surface area contributed by atoms with Gasteiger partial charge >= 0.3 is 0 Å². The third kappa shape index (κ3) is 5.28. The normalized spacial score (nSPS) is 10.4. The van der Waals surface area contributed by atoms with Gasteiger partial charge in [-0.15, -0.1) is 0 Å². The van der Waals surface area contributed by atoms with Crippen LogP contribution in [0.1, 0.15) is 12.0 Å². The van der Waals surface area contributed by atoms with Gasteiger partial charge in [0.1, 0.15) is 5.84 Å². The molecule has 1 aromatic rings. The van der Waals surface area contributed by atoms with E-state index >= 15 is 0 Å². The Morgan fingerprint density at radius 3 is 2.26 bits per heavy atom. The quantitative estimate of drug-likeness (QED) is 0.403. The third-order valence-corrected chi connectivity index (χ3v) is 2.89. The molecule has 106 valence electrons. The first-order valence-electron chi connectivity index (χ1n) is 6.36. The van der Waals surface area contributed by atoms with E-state index in [1.807, 2.05) is 24.3 Å². The molecule has 0 aliphatic heterocycles. The molecule has 0 unspecified atom stereocenters. The minimum atomic E-state index is 0.0920. The van der Waals surface area contributed by atoms with Crippen LogP contribution in [-0.4, -0.2) is 46.4 Å². The van der Waals surface area contributed by atoms with Gasteiger partial charge in [0.15, 0.2) is 0 Å². The van der Waals surface area contributed by atoms with Crippen molar-refractivity contribution in [3.05, 3.63) is 29.8 Å². The first kappa shape index (κ1) is 15.5. The van der Waals surface area contributed by atoms with E-state index in [2.05, 4.69) is 4.90 Å². The highest BCUT2D eigenvalue weighted by Gasteiger charge is 2.06. The van der Waals surface area contributed by atoms with E-state index in [1.54, 1.807) is 14.2 Å². The van der Waals surface area contributed by atoms with Crippen LogP contribution in [0.5, 0.6) is 0 Å². The molecular weight excluding hydrogens is 242 g/mol. The summed E-state index contributed by atoms with van der Waals surface area (Å²) < 4.78 is 10.2. The molecule has 0 aromatic heterocycles. The molecular formula is C14H23N3O2. The van der Waals surface area contributed by atoms with Crippen LogP contribution in [0.15, 0.2) is 24.3 Å². The molecule has 3 N–H and O–H groups in total. The van der Waals surface area contributed by atoms with Crippen molar-refractivity contribution < 1.29 is 9.47 Å². The van der Waals surface area contributed by atoms with Crippen molar-refractivity contribution >= 4 is 11.5 Å². The van der Waals surface area contributed by atoms with Crippen molar-refractivity contribution in [1.29, 1.82) is 5.41 Å². The van der Waals surface area contributed by atoms with Gasteiger partial charge in [0, 0.05) is 45.2 Å². The summed E-state index contributed by atoms with van der Waals surface area (Å²) in [5.41, 5.74) is 7.30. The highest BCUT2D eigenvalue weighted by atomic mass is 16.5. The van der Waals surface area contributed by atoms with E-state index in [-0.39, 0.29) is 5.84 Å². The molecule has 0 saturated heterocycles. The number of anilines is 1. The van der Waals surface area contributed by atoms with Gasteiger partial charge in [-0.1, -0.05) is 0 Å². The van der Waals surface area contributed by atoms with Crippen molar-refractivity contribution in [2.45, 2.75) is 6.42 Å². The molecule has 1 rings (SSSR count). The SMILES string of the molecule is COCCCN(CCOC)c1ccc(C(=N)N)cc1. The van der Waals surface area contributed by atoms with Crippen molar-refractivity contribution in [3.63, 3.8) is 0 Å². The lowest BCUT2D eigenvalue weighted by Crippen LogP contribution is -2.29. The first-order chi connectivity index (χ1) is 9.19. The van der Waals surface area contributed by atoms with Gasteiger partial charge in [-0.2, -0.15) is 0 Å². The fourth-order valence-electron chi connectivity index (χ4n) is 1.82. The number of nitrogen functional groups attached to an aromatic ring is 1. The number of rotatable bonds is 9. The summed E-state index contributed by atoms with van der Waals surface area (Å²) in [6.45, 7) is 3.17. The Labute approximate surface area is 114 Å². The molecule has 19 heavy (non-hydrogen) atoms. The second kappa shape index (κ2) is 8.50. The number of nitrogens with two attached hydrogens (primary N) is 1. The zero-order chi connectivity index (χ0) is 14.1. The number of amidine groups is 1. The molecule has 1 aromatic carbocycles. The Bertz CT molecular complexity index is 379. The zero-order valence-corrected chi connectivity index (χ0v) is 11.7. The summed E-state index contributed by atoms with van der Waals surface area (Å²) in [7, 11) is 3.41. The summed E-state index contributed by atoms with van der Waals surface area (Å²) in [4.78, 5) is 2.24. The second-order valence-corrected chi connectivity index (χ2v) is 4.29. The molecule has 5 heteroatoms. The molecule has 0 heterocycles. The zero-order valence-electron chi connectivity index (χ0n) is 11.7. The predicted octanol–water partition coefficient (Wildman–Crippen LogP) is 1.46. The fourth-order valence-corrected chi connectivity index (χ4v) is 1.82. The van der Waals surface area contributed by atoms with Crippen LogP contribution in [0.3, 0.4) is 0 Å². The van der Waals surface area contributed by atoms with Gasteiger partial charge in [-0.3, -0.25) is 5.41 Å². The van der Waals surface area contributed by atoms with Crippen LogP contribution in [0, 0.1) is 5.41 Å². The number of hydrogen-bond acceptors (Lipinski definition) is 4. The Morgan fingerprint density at radius 2 is 1.74 bits per heavy atom. The van der Waals surface area contributed by atoms with E-state index < -0.39 is 0 Å². The number of benzene rings is 1. The minimum absolute atomic E-state index is 0.0920. The summed E-state index contributed by atoms with van der Waals surface area (Å²) in [6.07, 6.45) is 0.967. The smallest absolute Gasteiger partial charge is 0.122 e. The Balaban J connectivity index is 2.68. The van der Waals surface area contributed by atoms with Crippen molar-refractivity contribution in [3.8, 4) is 0 Å². The lowest BCUT2D eigenvalue weighted by atomic mass is 10.1. The summed E-state index contributed by atoms with van der Waals surface area (Å²) in [6, 6.07) is 7.71. The standard InChI is InChI=1S/C14H23N3O2/c1-18-10-3-8-17(9-11-19-2)13-6-4-12(5-7-13)14(15)16/h4-7H,3,8-11H2,1-2H3,(H3,15,16). The summed E-state index contributed by atoms with van der Waals surface area (Å²) in [5, 5.41) is 7.39. The van der Waals surface area contributed by atoms with Gasteiger partial charge in [-0.25, -0.2) is 0 Å². The summed E-state index contributed by atoms with van der Waals surface area (Å²) in [5.74, 6) is 0.0920.